The molecule has 1 amide bonds. The van der Waals surface area contributed by atoms with Gasteiger partial charge in [0.25, 0.3) is 0 Å². The van der Waals surface area contributed by atoms with Crippen LogP contribution in [-0.4, -0.2) is 25.5 Å². The standard InChI is InChI=1S/C18H20N2O3.ClH/c1-23-18(22)11-16(20-17(21)12-19)15-9-7-14(8-10-15)13-5-3-2-4-6-13;/h2-10,16H,11-12,19H2,1H3,(H,20,21);1H. The van der Waals surface area contributed by atoms with Gasteiger partial charge in [-0.1, -0.05) is 54.6 Å². The summed E-state index contributed by atoms with van der Waals surface area (Å²) >= 11 is 0. The van der Waals surface area contributed by atoms with Gasteiger partial charge < -0.3 is 15.8 Å². The maximum absolute atomic E-state index is 11.6. The zero-order valence-corrected chi connectivity index (χ0v) is 14.2. The van der Waals surface area contributed by atoms with Gasteiger partial charge in [0.2, 0.25) is 5.91 Å². The third kappa shape index (κ3) is 5.37. The SMILES string of the molecule is COC(=O)CC(NC(=O)CN)c1ccc(-c2ccccc2)cc1.Cl. The molecule has 0 aliphatic heterocycles. The summed E-state index contributed by atoms with van der Waals surface area (Å²) in [5, 5.41) is 2.74. The Bertz CT molecular complexity index is 642. The number of halogens is 1. The van der Waals surface area contributed by atoms with Crippen LogP contribution in [-0.2, 0) is 14.3 Å². The first-order valence-corrected chi connectivity index (χ1v) is 7.35. The predicted molar refractivity (Wildman–Crippen MR) is 95.7 cm³/mol. The first kappa shape index (κ1) is 19.7. The normalized spacial score (nSPS) is 11.1. The highest BCUT2D eigenvalue weighted by Crippen LogP contribution is 2.23. The van der Waals surface area contributed by atoms with E-state index in [4.69, 9.17) is 5.73 Å². The maximum Gasteiger partial charge on any atom is 0.307 e. The second-order valence-electron chi connectivity index (χ2n) is 5.09. The van der Waals surface area contributed by atoms with E-state index in [-0.39, 0.29) is 37.2 Å². The molecule has 5 nitrogen and oxygen atoms in total. The third-order valence-electron chi connectivity index (χ3n) is 3.54. The second-order valence-corrected chi connectivity index (χ2v) is 5.09. The Kier molecular flexibility index (Phi) is 7.95. The lowest BCUT2D eigenvalue weighted by Gasteiger charge is -2.18. The Labute approximate surface area is 147 Å². The average Bonchev–Trinajstić information content (AvgIpc) is 2.61. The highest BCUT2D eigenvalue weighted by atomic mass is 35.5. The van der Waals surface area contributed by atoms with E-state index in [1.54, 1.807) is 0 Å². The first-order valence-electron chi connectivity index (χ1n) is 7.35. The van der Waals surface area contributed by atoms with E-state index in [2.05, 4.69) is 10.1 Å². The lowest BCUT2D eigenvalue weighted by atomic mass is 9.99. The van der Waals surface area contributed by atoms with Crippen LogP contribution in [0.3, 0.4) is 0 Å². The molecule has 0 spiro atoms. The van der Waals surface area contributed by atoms with Crippen molar-refractivity contribution in [3.05, 3.63) is 60.2 Å². The van der Waals surface area contributed by atoms with E-state index in [0.717, 1.165) is 16.7 Å². The van der Waals surface area contributed by atoms with Crippen LogP contribution in [0.2, 0.25) is 0 Å². The zero-order valence-electron chi connectivity index (χ0n) is 13.4. The quantitative estimate of drug-likeness (QED) is 0.786. The molecule has 0 aliphatic carbocycles. The number of benzene rings is 2. The summed E-state index contributed by atoms with van der Waals surface area (Å²) in [5.41, 5.74) is 8.34. The number of amides is 1. The van der Waals surface area contributed by atoms with Crippen molar-refractivity contribution in [2.45, 2.75) is 12.5 Å². The van der Waals surface area contributed by atoms with Crippen LogP contribution in [0.25, 0.3) is 11.1 Å². The van der Waals surface area contributed by atoms with E-state index in [1.165, 1.54) is 7.11 Å². The third-order valence-corrected chi connectivity index (χ3v) is 3.54. The number of esters is 1. The van der Waals surface area contributed by atoms with Gasteiger partial charge in [-0.25, -0.2) is 0 Å². The molecule has 128 valence electrons. The number of ether oxygens (including phenoxy) is 1. The van der Waals surface area contributed by atoms with E-state index < -0.39 is 6.04 Å². The van der Waals surface area contributed by atoms with Gasteiger partial charge in [0, 0.05) is 0 Å². The molecule has 2 aromatic rings. The van der Waals surface area contributed by atoms with Crippen molar-refractivity contribution in [3.63, 3.8) is 0 Å². The Morgan fingerprint density at radius 1 is 1.04 bits per heavy atom. The zero-order chi connectivity index (χ0) is 16.7. The highest BCUT2D eigenvalue weighted by molar-refractivity contribution is 5.85. The fourth-order valence-electron chi connectivity index (χ4n) is 2.29. The summed E-state index contributed by atoms with van der Waals surface area (Å²) in [6, 6.07) is 17.2. The van der Waals surface area contributed by atoms with Crippen molar-refractivity contribution in [3.8, 4) is 11.1 Å². The van der Waals surface area contributed by atoms with E-state index in [9.17, 15) is 9.59 Å². The Balaban J connectivity index is 0.00000288. The largest absolute Gasteiger partial charge is 0.469 e. The summed E-state index contributed by atoms with van der Waals surface area (Å²) < 4.78 is 4.69. The average molecular weight is 349 g/mol. The van der Waals surface area contributed by atoms with Crippen LogP contribution in [0.1, 0.15) is 18.0 Å². The molecular weight excluding hydrogens is 328 g/mol. The van der Waals surface area contributed by atoms with Crippen molar-refractivity contribution >= 4 is 24.3 Å². The van der Waals surface area contributed by atoms with E-state index >= 15 is 0 Å². The van der Waals surface area contributed by atoms with Gasteiger partial charge in [0.05, 0.1) is 26.1 Å². The van der Waals surface area contributed by atoms with Gasteiger partial charge in [0.15, 0.2) is 0 Å². The molecule has 1 unspecified atom stereocenters. The Morgan fingerprint density at radius 2 is 1.62 bits per heavy atom. The molecule has 3 N–H and O–H groups in total. The number of nitrogens with one attached hydrogen (secondary N) is 1. The molecule has 0 saturated carbocycles. The van der Waals surface area contributed by atoms with Crippen molar-refractivity contribution in [1.82, 2.24) is 5.32 Å². The number of hydrogen-bond donors (Lipinski definition) is 2. The fraction of sp³-hybridized carbons (Fsp3) is 0.222. The minimum atomic E-state index is -0.455. The van der Waals surface area contributed by atoms with Gasteiger partial charge >= 0.3 is 5.97 Å². The molecule has 0 heterocycles. The van der Waals surface area contributed by atoms with E-state index in [0.29, 0.717) is 0 Å². The number of nitrogens with two attached hydrogens (primary N) is 1. The lowest BCUT2D eigenvalue weighted by molar-refractivity contribution is -0.141. The summed E-state index contributed by atoms with van der Waals surface area (Å²) in [6.07, 6.45) is 0.0624. The molecule has 6 heteroatoms. The van der Waals surface area contributed by atoms with Crippen LogP contribution < -0.4 is 11.1 Å². The molecule has 2 rings (SSSR count). The summed E-state index contributed by atoms with van der Waals surface area (Å²) in [7, 11) is 1.32. The second kappa shape index (κ2) is 9.70. The number of carbonyl (C=O) groups excluding carboxylic acids is 2. The van der Waals surface area contributed by atoms with Gasteiger partial charge in [-0.3, -0.25) is 9.59 Å². The minimum Gasteiger partial charge on any atom is -0.469 e. The molecule has 0 radical (unpaired) electrons. The maximum atomic E-state index is 11.6. The van der Waals surface area contributed by atoms with Crippen molar-refractivity contribution in [2.24, 2.45) is 5.73 Å². The fourth-order valence-corrected chi connectivity index (χ4v) is 2.29. The van der Waals surface area contributed by atoms with Crippen LogP contribution >= 0.6 is 12.4 Å². The molecular formula is C18H21ClN2O3. The summed E-state index contributed by atoms with van der Waals surface area (Å²) in [5.74, 6) is -0.703. The van der Waals surface area contributed by atoms with Crippen LogP contribution in [0, 0.1) is 0 Å². The van der Waals surface area contributed by atoms with E-state index in [1.807, 2.05) is 54.6 Å². The van der Waals surface area contributed by atoms with Crippen molar-refractivity contribution < 1.29 is 14.3 Å². The molecule has 0 aliphatic rings. The van der Waals surface area contributed by atoms with Gasteiger partial charge in [-0.2, -0.15) is 0 Å². The van der Waals surface area contributed by atoms with Gasteiger partial charge in [-0.15, -0.1) is 12.4 Å². The van der Waals surface area contributed by atoms with Crippen LogP contribution in [0.15, 0.2) is 54.6 Å². The molecule has 2 aromatic carbocycles. The van der Waals surface area contributed by atoms with Crippen molar-refractivity contribution in [1.29, 1.82) is 0 Å². The topological polar surface area (TPSA) is 81.4 Å². The smallest absolute Gasteiger partial charge is 0.307 e. The molecule has 24 heavy (non-hydrogen) atoms. The number of carbonyl (C=O) groups is 2. The Morgan fingerprint density at radius 3 is 2.17 bits per heavy atom. The minimum absolute atomic E-state index is 0. The predicted octanol–water partition coefficient (Wildman–Crippen LogP) is 2.45. The summed E-state index contributed by atoms with van der Waals surface area (Å²) in [4.78, 5) is 23.1. The molecule has 0 saturated heterocycles. The molecule has 0 bridgehead atoms. The first-order chi connectivity index (χ1) is 11.1. The lowest BCUT2D eigenvalue weighted by Crippen LogP contribution is -2.35. The number of methoxy groups -OCH3 is 1. The molecule has 1 atom stereocenters. The van der Waals surface area contributed by atoms with Crippen LogP contribution in [0.5, 0.6) is 0 Å². The monoisotopic (exact) mass is 348 g/mol. The van der Waals surface area contributed by atoms with Crippen molar-refractivity contribution in [2.75, 3.05) is 13.7 Å². The molecule has 0 aromatic heterocycles. The van der Waals surface area contributed by atoms with Gasteiger partial charge in [0.1, 0.15) is 0 Å². The number of rotatable bonds is 6. The van der Waals surface area contributed by atoms with Crippen LogP contribution in [0.4, 0.5) is 0 Å². The summed E-state index contributed by atoms with van der Waals surface area (Å²) in [6.45, 7) is -0.125. The highest BCUT2D eigenvalue weighted by Gasteiger charge is 2.18. The van der Waals surface area contributed by atoms with Gasteiger partial charge in [-0.05, 0) is 16.7 Å². The molecule has 0 fully saturated rings. The Hall–Kier alpha value is -2.37. The number of hydrogen-bond acceptors (Lipinski definition) is 4.